The Morgan fingerprint density at radius 2 is 1.75 bits per heavy atom. The molecule has 2 heterocycles. The summed E-state index contributed by atoms with van der Waals surface area (Å²) in [4.78, 5) is 0.376. The molecule has 2 fully saturated rings. The van der Waals surface area contributed by atoms with E-state index in [0.29, 0.717) is 17.0 Å². The monoisotopic (exact) mass is 294 g/mol. The molecular formula is C15H22N2O2S. The zero-order valence-corrected chi connectivity index (χ0v) is 12.6. The van der Waals surface area contributed by atoms with Crippen LogP contribution in [0, 0.1) is 0 Å². The van der Waals surface area contributed by atoms with E-state index in [9.17, 15) is 8.42 Å². The minimum Gasteiger partial charge on any atom is -0.311 e. The van der Waals surface area contributed by atoms with Gasteiger partial charge in [-0.05, 0) is 49.8 Å². The fourth-order valence-electron chi connectivity index (χ4n) is 3.35. The van der Waals surface area contributed by atoms with Crippen LogP contribution < -0.4 is 10.0 Å². The van der Waals surface area contributed by atoms with E-state index in [4.69, 9.17) is 0 Å². The summed E-state index contributed by atoms with van der Waals surface area (Å²) in [5, 5.41) is 3.53. The van der Waals surface area contributed by atoms with Gasteiger partial charge in [-0.25, -0.2) is 13.1 Å². The van der Waals surface area contributed by atoms with E-state index in [1.807, 2.05) is 12.1 Å². The molecule has 5 heteroatoms. The number of sulfonamides is 1. The molecule has 2 aliphatic rings. The van der Waals surface area contributed by atoms with Crippen LogP contribution in [0.2, 0.25) is 0 Å². The predicted molar refractivity (Wildman–Crippen MR) is 79.1 cm³/mol. The van der Waals surface area contributed by atoms with Crippen molar-refractivity contribution in [2.45, 2.75) is 62.0 Å². The maximum atomic E-state index is 12.4. The van der Waals surface area contributed by atoms with Gasteiger partial charge in [0.25, 0.3) is 0 Å². The molecule has 4 nitrogen and oxygen atoms in total. The molecule has 3 rings (SSSR count). The lowest BCUT2D eigenvalue weighted by atomic mass is 10.0. The molecule has 2 unspecified atom stereocenters. The minimum atomic E-state index is -3.38. The fraction of sp³-hybridized carbons (Fsp3) is 0.600. The molecular weight excluding hydrogens is 272 g/mol. The lowest BCUT2D eigenvalue weighted by molar-refractivity contribution is 0.345. The summed E-state index contributed by atoms with van der Waals surface area (Å²) in [6.07, 6.45) is 5.08. The quantitative estimate of drug-likeness (QED) is 0.890. The number of fused-ring (bicyclic) bond motifs is 2. The van der Waals surface area contributed by atoms with Crippen LogP contribution in [0.4, 0.5) is 0 Å². The van der Waals surface area contributed by atoms with Gasteiger partial charge in [-0.15, -0.1) is 0 Å². The summed E-state index contributed by atoms with van der Waals surface area (Å²) in [5.74, 6) is 0. The second kappa shape index (κ2) is 5.47. The average Bonchev–Trinajstić information content (AvgIpc) is 2.77. The van der Waals surface area contributed by atoms with E-state index in [2.05, 4.69) is 17.0 Å². The smallest absolute Gasteiger partial charge is 0.240 e. The molecule has 2 saturated heterocycles. The van der Waals surface area contributed by atoms with Crippen molar-refractivity contribution in [2.24, 2.45) is 0 Å². The number of hydrogen-bond donors (Lipinski definition) is 2. The first-order valence-electron chi connectivity index (χ1n) is 7.44. The molecule has 0 spiro atoms. The Balaban J connectivity index is 1.71. The standard InChI is InChI=1S/C15H22N2O2S/c1-2-11-3-7-15(8-4-11)20(18,19)17-14-9-12-5-6-13(10-14)16-12/h3-4,7-8,12-14,16-17H,2,5-6,9-10H2,1H3. The summed E-state index contributed by atoms with van der Waals surface area (Å²) in [6.45, 7) is 2.06. The molecule has 0 amide bonds. The lowest BCUT2D eigenvalue weighted by Gasteiger charge is -2.29. The third kappa shape index (κ3) is 2.90. The van der Waals surface area contributed by atoms with Crippen molar-refractivity contribution < 1.29 is 8.42 Å². The van der Waals surface area contributed by atoms with Crippen molar-refractivity contribution >= 4 is 10.0 Å². The molecule has 2 aliphatic heterocycles. The van der Waals surface area contributed by atoms with Gasteiger partial charge < -0.3 is 5.32 Å². The molecule has 0 aliphatic carbocycles. The first-order chi connectivity index (χ1) is 9.56. The third-order valence-electron chi connectivity index (χ3n) is 4.44. The number of nitrogens with one attached hydrogen (secondary N) is 2. The number of piperidine rings is 1. The van der Waals surface area contributed by atoms with E-state index in [1.165, 1.54) is 12.8 Å². The molecule has 20 heavy (non-hydrogen) atoms. The molecule has 0 radical (unpaired) electrons. The van der Waals surface area contributed by atoms with E-state index in [0.717, 1.165) is 24.8 Å². The van der Waals surface area contributed by atoms with E-state index < -0.39 is 10.0 Å². The Labute approximate surface area is 121 Å². The highest BCUT2D eigenvalue weighted by molar-refractivity contribution is 7.89. The van der Waals surface area contributed by atoms with Crippen molar-refractivity contribution in [1.29, 1.82) is 0 Å². The topological polar surface area (TPSA) is 58.2 Å². The molecule has 2 N–H and O–H groups in total. The van der Waals surface area contributed by atoms with Crippen LogP contribution in [-0.4, -0.2) is 26.5 Å². The van der Waals surface area contributed by atoms with Gasteiger partial charge >= 0.3 is 0 Å². The Morgan fingerprint density at radius 1 is 1.15 bits per heavy atom. The number of aryl methyl sites for hydroxylation is 1. The first kappa shape index (κ1) is 14.0. The van der Waals surface area contributed by atoms with Crippen molar-refractivity contribution in [3.63, 3.8) is 0 Å². The van der Waals surface area contributed by atoms with Crippen molar-refractivity contribution in [2.75, 3.05) is 0 Å². The van der Waals surface area contributed by atoms with Gasteiger partial charge in [0.05, 0.1) is 4.90 Å². The molecule has 2 bridgehead atoms. The van der Waals surface area contributed by atoms with Crippen molar-refractivity contribution in [3.8, 4) is 0 Å². The van der Waals surface area contributed by atoms with Crippen LogP contribution in [-0.2, 0) is 16.4 Å². The largest absolute Gasteiger partial charge is 0.311 e. The normalized spacial score (nSPS) is 29.6. The fourth-order valence-corrected chi connectivity index (χ4v) is 4.61. The van der Waals surface area contributed by atoms with Gasteiger partial charge in [-0.1, -0.05) is 19.1 Å². The lowest BCUT2D eigenvalue weighted by Crippen LogP contribution is -2.47. The van der Waals surface area contributed by atoms with Crippen molar-refractivity contribution in [3.05, 3.63) is 29.8 Å². The minimum absolute atomic E-state index is 0.0737. The first-order valence-corrected chi connectivity index (χ1v) is 8.92. The second-order valence-corrected chi connectivity index (χ2v) is 7.64. The molecule has 0 aromatic heterocycles. The van der Waals surface area contributed by atoms with Crippen LogP contribution >= 0.6 is 0 Å². The van der Waals surface area contributed by atoms with Gasteiger partial charge in [0.1, 0.15) is 0 Å². The van der Waals surface area contributed by atoms with Crippen LogP contribution in [0.25, 0.3) is 0 Å². The second-order valence-electron chi connectivity index (χ2n) is 5.92. The maximum Gasteiger partial charge on any atom is 0.240 e. The van der Waals surface area contributed by atoms with Gasteiger partial charge in [0.2, 0.25) is 10.0 Å². The summed E-state index contributed by atoms with van der Waals surface area (Å²) < 4.78 is 27.7. The molecule has 110 valence electrons. The van der Waals surface area contributed by atoms with Crippen LogP contribution in [0.1, 0.15) is 38.2 Å². The van der Waals surface area contributed by atoms with Crippen LogP contribution in [0.15, 0.2) is 29.2 Å². The average molecular weight is 294 g/mol. The van der Waals surface area contributed by atoms with Gasteiger partial charge in [0.15, 0.2) is 0 Å². The zero-order valence-electron chi connectivity index (χ0n) is 11.8. The van der Waals surface area contributed by atoms with Gasteiger partial charge in [-0.2, -0.15) is 0 Å². The SMILES string of the molecule is CCc1ccc(S(=O)(=O)NC2CC3CCC(C2)N3)cc1. The predicted octanol–water partition coefficient (Wildman–Crippen LogP) is 1.81. The summed E-state index contributed by atoms with van der Waals surface area (Å²) in [7, 11) is -3.38. The summed E-state index contributed by atoms with van der Waals surface area (Å²) in [5.41, 5.74) is 1.16. The number of rotatable bonds is 4. The number of benzene rings is 1. The van der Waals surface area contributed by atoms with E-state index in [1.54, 1.807) is 12.1 Å². The Hall–Kier alpha value is -0.910. The van der Waals surface area contributed by atoms with Crippen LogP contribution in [0.3, 0.4) is 0 Å². The third-order valence-corrected chi connectivity index (χ3v) is 5.97. The highest BCUT2D eigenvalue weighted by atomic mass is 32.2. The Kier molecular flexibility index (Phi) is 3.84. The summed E-state index contributed by atoms with van der Waals surface area (Å²) >= 11 is 0. The maximum absolute atomic E-state index is 12.4. The molecule has 0 saturated carbocycles. The zero-order chi connectivity index (χ0) is 14.2. The Morgan fingerprint density at radius 3 is 2.30 bits per heavy atom. The number of hydrogen-bond acceptors (Lipinski definition) is 3. The Bertz CT molecular complexity index is 556. The highest BCUT2D eigenvalue weighted by Crippen LogP contribution is 2.27. The van der Waals surface area contributed by atoms with E-state index in [-0.39, 0.29) is 6.04 Å². The van der Waals surface area contributed by atoms with E-state index >= 15 is 0 Å². The highest BCUT2D eigenvalue weighted by Gasteiger charge is 2.35. The molecule has 1 aromatic rings. The van der Waals surface area contributed by atoms with Gasteiger partial charge in [0, 0.05) is 18.1 Å². The van der Waals surface area contributed by atoms with Crippen LogP contribution in [0.5, 0.6) is 0 Å². The molecule has 2 atom stereocenters. The van der Waals surface area contributed by atoms with Gasteiger partial charge in [-0.3, -0.25) is 0 Å². The molecule has 1 aromatic carbocycles. The van der Waals surface area contributed by atoms with Crippen molar-refractivity contribution in [1.82, 2.24) is 10.0 Å². The summed E-state index contributed by atoms with van der Waals surface area (Å²) in [6, 6.07) is 8.24.